The van der Waals surface area contributed by atoms with Crippen molar-refractivity contribution in [2.24, 2.45) is 5.73 Å². The van der Waals surface area contributed by atoms with Crippen LogP contribution in [0.15, 0.2) is 12.1 Å². The molecule has 0 saturated heterocycles. The Morgan fingerprint density at radius 3 is 2.80 bits per heavy atom. The summed E-state index contributed by atoms with van der Waals surface area (Å²) in [5.74, 6) is -0.0189. The molecule has 0 spiro atoms. The summed E-state index contributed by atoms with van der Waals surface area (Å²) in [7, 11) is 0. The zero-order valence-corrected chi connectivity index (χ0v) is 11.9. The molecule has 1 saturated carbocycles. The van der Waals surface area contributed by atoms with Gasteiger partial charge >= 0.3 is 0 Å². The predicted molar refractivity (Wildman–Crippen MR) is 77.6 cm³/mol. The van der Waals surface area contributed by atoms with Crippen molar-refractivity contribution in [2.45, 2.75) is 18.4 Å². The first-order chi connectivity index (χ1) is 8.98. The van der Waals surface area contributed by atoms with Gasteiger partial charge < -0.3 is 21.1 Å². The van der Waals surface area contributed by atoms with Gasteiger partial charge in [-0.25, -0.2) is 0 Å². The minimum absolute atomic E-state index is 0. The van der Waals surface area contributed by atoms with Crippen LogP contribution in [0.25, 0.3) is 0 Å². The molecule has 0 atom stereocenters. The number of rotatable bonds is 2. The van der Waals surface area contributed by atoms with Crippen molar-refractivity contribution in [3.63, 3.8) is 0 Å². The van der Waals surface area contributed by atoms with Gasteiger partial charge in [0.15, 0.2) is 6.61 Å². The largest absolute Gasteiger partial charge is 0.482 e. The molecular formula is C12H13Cl2N3O3. The quantitative estimate of drug-likeness (QED) is 0.771. The second-order valence-corrected chi connectivity index (χ2v) is 5.18. The highest BCUT2D eigenvalue weighted by molar-refractivity contribution is 6.34. The molecule has 1 heterocycles. The van der Waals surface area contributed by atoms with Crippen molar-refractivity contribution in [3.8, 4) is 5.75 Å². The fourth-order valence-electron chi connectivity index (χ4n) is 1.80. The molecule has 20 heavy (non-hydrogen) atoms. The summed E-state index contributed by atoms with van der Waals surface area (Å²) in [6, 6.07) is 3.13. The number of hydrogen-bond acceptors (Lipinski definition) is 4. The molecule has 1 fully saturated rings. The third-order valence-electron chi connectivity index (χ3n) is 3.19. The lowest BCUT2D eigenvalue weighted by molar-refractivity contribution is -0.119. The van der Waals surface area contributed by atoms with Crippen molar-refractivity contribution in [3.05, 3.63) is 17.2 Å². The molecule has 3 rings (SSSR count). The van der Waals surface area contributed by atoms with Crippen LogP contribution in [-0.2, 0) is 9.59 Å². The van der Waals surface area contributed by atoms with Crippen LogP contribution in [0.2, 0.25) is 5.02 Å². The Hall–Kier alpha value is -1.50. The number of nitrogens with two attached hydrogens (primary N) is 1. The van der Waals surface area contributed by atoms with E-state index in [2.05, 4.69) is 10.6 Å². The fourth-order valence-corrected chi connectivity index (χ4v) is 2.02. The van der Waals surface area contributed by atoms with Gasteiger partial charge in [-0.15, -0.1) is 12.4 Å². The average Bonchev–Trinajstić information content (AvgIpc) is 3.10. The molecule has 0 unspecified atom stereocenters. The van der Waals surface area contributed by atoms with E-state index >= 15 is 0 Å². The maximum atomic E-state index is 11.9. The molecule has 1 aromatic rings. The fraction of sp³-hybridized carbons (Fsp3) is 0.333. The summed E-state index contributed by atoms with van der Waals surface area (Å²) < 4.78 is 5.26. The highest BCUT2D eigenvalue weighted by atomic mass is 35.5. The number of nitrogens with one attached hydrogen (secondary N) is 2. The minimum atomic E-state index is -0.770. The molecule has 2 amide bonds. The van der Waals surface area contributed by atoms with E-state index in [0.29, 0.717) is 35.0 Å². The number of carbonyl (C=O) groups is 2. The van der Waals surface area contributed by atoms with Crippen LogP contribution in [0.1, 0.15) is 12.8 Å². The van der Waals surface area contributed by atoms with Crippen LogP contribution in [0.5, 0.6) is 5.75 Å². The van der Waals surface area contributed by atoms with Crippen molar-refractivity contribution in [1.82, 2.24) is 0 Å². The molecule has 108 valence electrons. The highest BCUT2D eigenvalue weighted by Gasteiger charge is 2.46. The summed E-state index contributed by atoms with van der Waals surface area (Å²) in [5, 5.41) is 5.64. The highest BCUT2D eigenvalue weighted by Crippen LogP contribution is 2.38. The zero-order chi connectivity index (χ0) is 13.6. The van der Waals surface area contributed by atoms with Crippen LogP contribution in [-0.4, -0.2) is 24.0 Å². The van der Waals surface area contributed by atoms with E-state index in [9.17, 15) is 9.59 Å². The lowest BCUT2D eigenvalue weighted by atomic mass is 10.2. The van der Waals surface area contributed by atoms with E-state index in [1.165, 1.54) is 0 Å². The van der Waals surface area contributed by atoms with Crippen LogP contribution in [0.4, 0.5) is 11.4 Å². The lowest BCUT2D eigenvalue weighted by Gasteiger charge is -2.20. The number of carbonyl (C=O) groups excluding carboxylic acids is 2. The Morgan fingerprint density at radius 1 is 1.45 bits per heavy atom. The van der Waals surface area contributed by atoms with Gasteiger partial charge in [0.2, 0.25) is 5.91 Å². The summed E-state index contributed by atoms with van der Waals surface area (Å²) in [6.45, 7) is -0.0527. The van der Waals surface area contributed by atoms with Crippen molar-refractivity contribution in [1.29, 1.82) is 0 Å². The number of halogens is 2. The van der Waals surface area contributed by atoms with E-state index in [1.807, 2.05) is 0 Å². The van der Waals surface area contributed by atoms with E-state index in [4.69, 9.17) is 22.1 Å². The second kappa shape index (κ2) is 5.12. The Labute approximate surface area is 126 Å². The van der Waals surface area contributed by atoms with Gasteiger partial charge in [-0.3, -0.25) is 9.59 Å². The molecule has 1 aliphatic carbocycles. The van der Waals surface area contributed by atoms with Crippen LogP contribution < -0.4 is 21.1 Å². The van der Waals surface area contributed by atoms with Crippen LogP contribution in [0.3, 0.4) is 0 Å². The van der Waals surface area contributed by atoms with Crippen molar-refractivity contribution in [2.75, 3.05) is 17.2 Å². The third kappa shape index (κ3) is 2.67. The van der Waals surface area contributed by atoms with Gasteiger partial charge in [0.25, 0.3) is 5.91 Å². The zero-order valence-electron chi connectivity index (χ0n) is 10.4. The van der Waals surface area contributed by atoms with Crippen LogP contribution >= 0.6 is 24.0 Å². The molecule has 0 radical (unpaired) electrons. The first kappa shape index (κ1) is 14.9. The average molecular weight is 318 g/mol. The number of benzene rings is 1. The molecule has 8 heteroatoms. The van der Waals surface area contributed by atoms with Gasteiger partial charge in [0.05, 0.1) is 21.9 Å². The first-order valence-corrected chi connectivity index (χ1v) is 6.22. The molecule has 4 N–H and O–H groups in total. The number of hydrogen-bond donors (Lipinski definition) is 3. The summed E-state index contributed by atoms with van der Waals surface area (Å²) in [4.78, 5) is 23.0. The van der Waals surface area contributed by atoms with E-state index in [-0.39, 0.29) is 30.8 Å². The summed E-state index contributed by atoms with van der Waals surface area (Å²) >= 11 is 6.06. The molecule has 2 aliphatic rings. The smallest absolute Gasteiger partial charge is 0.262 e. The monoisotopic (exact) mass is 317 g/mol. The SMILES string of the molecule is Cl.NC1(C(=O)Nc2cc3c(cc2Cl)NC(=O)CO3)CC1. The number of anilines is 2. The standard InChI is InChI=1S/C12H12ClN3O3.ClH/c13-6-3-8-9(19-5-10(17)15-8)4-7(6)16-11(18)12(14)1-2-12;/h3-4H,1-2,5,14H2,(H,15,17)(H,16,18);1H. The minimum Gasteiger partial charge on any atom is -0.482 e. The van der Waals surface area contributed by atoms with E-state index in [0.717, 1.165) is 0 Å². The molecule has 0 bridgehead atoms. The van der Waals surface area contributed by atoms with Gasteiger partial charge in [-0.2, -0.15) is 0 Å². The maximum absolute atomic E-state index is 11.9. The van der Waals surface area contributed by atoms with Crippen molar-refractivity contribution < 1.29 is 14.3 Å². The number of amides is 2. The lowest BCUT2D eigenvalue weighted by Crippen LogP contribution is -2.38. The van der Waals surface area contributed by atoms with Crippen LogP contribution in [0, 0.1) is 0 Å². The summed E-state index contributed by atoms with van der Waals surface area (Å²) in [6.07, 6.45) is 1.35. The summed E-state index contributed by atoms with van der Waals surface area (Å²) in [5.41, 5.74) is 5.95. The topological polar surface area (TPSA) is 93.5 Å². The Morgan fingerprint density at radius 2 is 2.15 bits per heavy atom. The Balaban J connectivity index is 0.00000147. The van der Waals surface area contributed by atoms with Gasteiger partial charge in [0.1, 0.15) is 5.75 Å². The normalized spacial score (nSPS) is 18.0. The van der Waals surface area contributed by atoms with E-state index in [1.54, 1.807) is 12.1 Å². The first-order valence-electron chi connectivity index (χ1n) is 5.84. The molecule has 0 aromatic heterocycles. The van der Waals surface area contributed by atoms with Gasteiger partial charge in [-0.05, 0) is 18.9 Å². The molecule has 1 aliphatic heterocycles. The third-order valence-corrected chi connectivity index (χ3v) is 3.50. The Bertz CT molecular complexity index is 588. The Kier molecular flexibility index (Phi) is 3.82. The molecule has 1 aromatic carbocycles. The number of fused-ring (bicyclic) bond motifs is 1. The van der Waals surface area contributed by atoms with Gasteiger partial charge in [-0.1, -0.05) is 11.6 Å². The predicted octanol–water partition coefficient (Wildman–Crippen LogP) is 1.52. The number of ether oxygens (including phenoxy) is 1. The molecular weight excluding hydrogens is 305 g/mol. The van der Waals surface area contributed by atoms with Gasteiger partial charge in [0, 0.05) is 6.07 Å². The van der Waals surface area contributed by atoms with E-state index < -0.39 is 5.54 Å². The maximum Gasteiger partial charge on any atom is 0.262 e. The molecule has 6 nitrogen and oxygen atoms in total. The van der Waals surface area contributed by atoms with Crippen molar-refractivity contribution >= 4 is 47.2 Å². The second-order valence-electron chi connectivity index (χ2n) is 4.78.